The molecular weight excluding hydrogens is 332 g/mol. The number of hydrogen-bond acceptors (Lipinski definition) is 3. The van der Waals surface area contributed by atoms with Gasteiger partial charge in [0, 0.05) is 0 Å². The van der Waals surface area contributed by atoms with Crippen LogP contribution in [0.25, 0.3) is 0 Å². The Morgan fingerprint density at radius 1 is 0.654 bits per heavy atom. The molecule has 0 radical (unpaired) electrons. The van der Waals surface area contributed by atoms with Gasteiger partial charge in [0.2, 0.25) is 0 Å². The number of para-hydroxylation sites is 2. The summed E-state index contributed by atoms with van der Waals surface area (Å²) < 4.78 is 27.5. The second-order valence-corrected chi connectivity index (χ2v) is 5.71. The summed E-state index contributed by atoms with van der Waals surface area (Å²) in [5, 5.41) is 0. The number of aliphatic imine (C=N–C) groups is 2. The molecule has 0 saturated heterocycles. The highest BCUT2D eigenvalue weighted by atomic mass is 19.1. The molecule has 0 aliphatic carbocycles. The van der Waals surface area contributed by atoms with Gasteiger partial charge in [-0.15, -0.1) is 0 Å². The zero-order chi connectivity index (χ0) is 18.5. The molecule has 130 valence electrons. The molecule has 3 rings (SSSR count). The molecule has 3 aromatic rings. The van der Waals surface area contributed by atoms with Crippen molar-refractivity contribution in [2.45, 2.75) is 13.8 Å². The van der Waals surface area contributed by atoms with Gasteiger partial charge in [0.05, 0.1) is 34.2 Å². The Labute approximate surface area is 150 Å². The standard InChI is InChI=1S/C21H17F2N3/c1-14(24-20-10-5-3-8-16(20)22)18-12-7-13-19(26-18)15(2)25-21-11-6-4-9-17(21)23/h3-13H,1-2H3. The third-order valence-corrected chi connectivity index (χ3v) is 3.77. The number of benzene rings is 2. The van der Waals surface area contributed by atoms with Crippen LogP contribution in [-0.4, -0.2) is 16.4 Å². The summed E-state index contributed by atoms with van der Waals surface area (Å²) in [6, 6.07) is 18.0. The van der Waals surface area contributed by atoms with Crippen molar-refractivity contribution in [2.24, 2.45) is 9.98 Å². The van der Waals surface area contributed by atoms with Crippen molar-refractivity contribution >= 4 is 22.8 Å². The van der Waals surface area contributed by atoms with Gasteiger partial charge in [-0.3, -0.25) is 0 Å². The third kappa shape index (κ3) is 4.06. The lowest BCUT2D eigenvalue weighted by Gasteiger charge is -2.05. The van der Waals surface area contributed by atoms with Crippen molar-refractivity contribution in [3.05, 3.63) is 89.8 Å². The van der Waals surface area contributed by atoms with Gasteiger partial charge in [-0.05, 0) is 50.2 Å². The first-order valence-corrected chi connectivity index (χ1v) is 8.12. The molecular formula is C21H17F2N3. The monoisotopic (exact) mass is 349 g/mol. The molecule has 1 heterocycles. The predicted molar refractivity (Wildman–Crippen MR) is 101 cm³/mol. The Morgan fingerprint density at radius 3 is 1.50 bits per heavy atom. The maximum absolute atomic E-state index is 13.8. The minimum atomic E-state index is -0.389. The SMILES string of the molecule is CC(=Nc1ccccc1F)c1cccc(C(C)=Nc2ccccc2F)n1. The van der Waals surface area contributed by atoms with Crippen molar-refractivity contribution in [1.82, 2.24) is 4.98 Å². The van der Waals surface area contributed by atoms with Crippen molar-refractivity contribution in [3.8, 4) is 0 Å². The Morgan fingerprint density at radius 2 is 1.08 bits per heavy atom. The van der Waals surface area contributed by atoms with E-state index in [9.17, 15) is 8.78 Å². The summed E-state index contributed by atoms with van der Waals surface area (Å²) in [4.78, 5) is 13.1. The van der Waals surface area contributed by atoms with Crippen LogP contribution in [0.15, 0.2) is 76.7 Å². The second kappa shape index (κ2) is 7.78. The molecule has 3 nitrogen and oxygen atoms in total. The van der Waals surface area contributed by atoms with Gasteiger partial charge in [0.25, 0.3) is 0 Å². The van der Waals surface area contributed by atoms with E-state index in [0.29, 0.717) is 22.8 Å². The number of nitrogens with zero attached hydrogens (tertiary/aromatic N) is 3. The van der Waals surface area contributed by atoms with Gasteiger partial charge in [0.15, 0.2) is 0 Å². The lowest BCUT2D eigenvalue weighted by Crippen LogP contribution is -2.05. The van der Waals surface area contributed by atoms with Crippen LogP contribution in [0.2, 0.25) is 0 Å². The highest BCUT2D eigenvalue weighted by molar-refractivity contribution is 6.02. The molecule has 0 N–H and O–H groups in total. The van der Waals surface area contributed by atoms with Gasteiger partial charge in [-0.1, -0.05) is 30.3 Å². The molecule has 0 saturated carbocycles. The van der Waals surface area contributed by atoms with E-state index in [4.69, 9.17) is 0 Å². The predicted octanol–water partition coefficient (Wildman–Crippen LogP) is 5.64. The van der Waals surface area contributed by atoms with E-state index in [2.05, 4.69) is 15.0 Å². The average molecular weight is 349 g/mol. The Kier molecular flexibility index (Phi) is 5.27. The third-order valence-electron chi connectivity index (χ3n) is 3.77. The molecule has 0 atom stereocenters. The first-order valence-electron chi connectivity index (χ1n) is 8.12. The lowest BCUT2D eigenvalue weighted by molar-refractivity contribution is 0.629. The number of aromatic nitrogens is 1. The molecule has 26 heavy (non-hydrogen) atoms. The van der Waals surface area contributed by atoms with E-state index < -0.39 is 0 Å². The smallest absolute Gasteiger partial charge is 0.148 e. The summed E-state index contributed by atoms with van der Waals surface area (Å²) in [7, 11) is 0. The van der Waals surface area contributed by atoms with E-state index in [-0.39, 0.29) is 23.0 Å². The molecule has 0 aliphatic rings. The number of rotatable bonds is 4. The van der Waals surface area contributed by atoms with Crippen LogP contribution in [0.4, 0.5) is 20.2 Å². The van der Waals surface area contributed by atoms with Gasteiger partial charge in [-0.25, -0.2) is 23.7 Å². The Balaban J connectivity index is 1.93. The molecule has 1 aromatic heterocycles. The topological polar surface area (TPSA) is 37.6 Å². The van der Waals surface area contributed by atoms with Crippen LogP contribution in [-0.2, 0) is 0 Å². The van der Waals surface area contributed by atoms with E-state index in [1.165, 1.54) is 12.1 Å². The summed E-state index contributed by atoms with van der Waals surface area (Å²) in [6.45, 7) is 3.53. The first-order chi connectivity index (χ1) is 12.5. The molecule has 0 amide bonds. The summed E-state index contributed by atoms with van der Waals surface area (Å²) in [6.07, 6.45) is 0. The maximum atomic E-state index is 13.8. The zero-order valence-electron chi connectivity index (χ0n) is 14.4. The zero-order valence-corrected chi connectivity index (χ0v) is 14.4. The van der Waals surface area contributed by atoms with Crippen LogP contribution in [0, 0.1) is 11.6 Å². The molecule has 0 spiro atoms. The maximum Gasteiger partial charge on any atom is 0.148 e. The van der Waals surface area contributed by atoms with Gasteiger partial charge >= 0.3 is 0 Å². The quantitative estimate of drug-likeness (QED) is 0.562. The van der Waals surface area contributed by atoms with Crippen LogP contribution in [0.3, 0.4) is 0 Å². The van der Waals surface area contributed by atoms with E-state index in [1.54, 1.807) is 62.4 Å². The van der Waals surface area contributed by atoms with Crippen molar-refractivity contribution in [3.63, 3.8) is 0 Å². The average Bonchev–Trinajstić information content (AvgIpc) is 2.65. The van der Waals surface area contributed by atoms with Crippen molar-refractivity contribution in [2.75, 3.05) is 0 Å². The fourth-order valence-corrected chi connectivity index (χ4v) is 2.40. The summed E-state index contributed by atoms with van der Waals surface area (Å²) >= 11 is 0. The number of halogens is 2. The van der Waals surface area contributed by atoms with Crippen LogP contribution in [0.1, 0.15) is 25.2 Å². The van der Waals surface area contributed by atoms with Gasteiger partial charge in [0.1, 0.15) is 11.6 Å². The van der Waals surface area contributed by atoms with Gasteiger partial charge in [-0.2, -0.15) is 0 Å². The van der Waals surface area contributed by atoms with Crippen LogP contribution < -0.4 is 0 Å². The fraction of sp³-hybridized carbons (Fsp3) is 0.0952. The normalized spacial score (nSPS) is 12.3. The van der Waals surface area contributed by atoms with E-state index >= 15 is 0 Å². The van der Waals surface area contributed by atoms with Gasteiger partial charge < -0.3 is 0 Å². The fourth-order valence-electron chi connectivity index (χ4n) is 2.40. The van der Waals surface area contributed by atoms with Crippen molar-refractivity contribution < 1.29 is 8.78 Å². The Hall–Kier alpha value is -3.21. The molecule has 0 unspecified atom stereocenters. The van der Waals surface area contributed by atoms with Crippen LogP contribution >= 0.6 is 0 Å². The molecule has 0 fully saturated rings. The first kappa shape index (κ1) is 17.6. The number of hydrogen-bond donors (Lipinski definition) is 0. The Bertz CT molecular complexity index is 917. The highest BCUT2D eigenvalue weighted by Crippen LogP contribution is 2.19. The van der Waals surface area contributed by atoms with E-state index in [0.717, 1.165) is 0 Å². The summed E-state index contributed by atoms with van der Waals surface area (Å²) in [5.41, 5.74) is 2.89. The summed E-state index contributed by atoms with van der Waals surface area (Å²) in [5.74, 6) is -0.777. The van der Waals surface area contributed by atoms with E-state index in [1.807, 2.05) is 6.07 Å². The second-order valence-electron chi connectivity index (χ2n) is 5.71. The molecule has 0 bridgehead atoms. The minimum Gasteiger partial charge on any atom is -0.248 e. The van der Waals surface area contributed by atoms with Crippen molar-refractivity contribution in [1.29, 1.82) is 0 Å². The molecule has 5 heteroatoms. The lowest BCUT2D eigenvalue weighted by atomic mass is 10.2. The van der Waals surface area contributed by atoms with Crippen LogP contribution in [0.5, 0.6) is 0 Å². The molecule has 2 aromatic carbocycles. The number of pyridine rings is 1. The molecule has 0 aliphatic heterocycles. The highest BCUT2D eigenvalue weighted by Gasteiger charge is 2.07. The largest absolute Gasteiger partial charge is 0.248 e. The minimum absolute atomic E-state index is 0.258.